The van der Waals surface area contributed by atoms with Gasteiger partial charge in [0.25, 0.3) is 0 Å². The first-order valence-corrected chi connectivity index (χ1v) is 7.23. The maximum absolute atomic E-state index is 11.9. The summed E-state index contributed by atoms with van der Waals surface area (Å²) in [5.41, 5.74) is 0. The second-order valence-corrected chi connectivity index (χ2v) is 5.76. The van der Waals surface area contributed by atoms with Crippen molar-refractivity contribution in [2.75, 3.05) is 5.75 Å². The minimum atomic E-state index is 0.183. The predicted octanol–water partition coefficient (Wildman–Crippen LogP) is 3.02. The number of carbonyl (C=O) groups excluding carboxylic acids is 1. The van der Waals surface area contributed by atoms with Gasteiger partial charge < -0.3 is 4.57 Å². The van der Waals surface area contributed by atoms with Crippen molar-refractivity contribution in [3.05, 3.63) is 34.3 Å². The van der Waals surface area contributed by atoms with Gasteiger partial charge in [0.15, 0.2) is 10.9 Å². The first kappa shape index (κ1) is 12.4. The molecule has 0 fully saturated rings. The maximum atomic E-state index is 11.9. The second-order valence-electron chi connectivity index (χ2n) is 3.65. The Kier molecular flexibility index (Phi) is 4.02. The number of rotatable bonds is 5. The van der Waals surface area contributed by atoms with Crippen LogP contribution in [0.1, 0.15) is 21.5 Å². The lowest BCUT2D eigenvalue weighted by atomic mass is 10.3. The molecular weight excluding hydrogens is 252 g/mol. The normalized spacial score (nSPS) is 10.7. The van der Waals surface area contributed by atoms with E-state index in [1.54, 1.807) is 17.5 Å². The van der Waals surface area contributed by atoms with Crippen LogP contribution >= 0.6 is 23.1 Å². The summed E-state index contributed by atoms with van der Waals surface area (Å²) in [6.45, 7) is 2.10. The van der Waals surface area contributed by atoms with E-state index in [2.05, 4.69) is 11.9 Å². The number of ketones is 1. The molecule has 5 heteroatoms. The van der Waals surface area contributed by atoms with E-state index in [-0.39, 0.29) is 5.78 Å². The van der Waals surface area contributed by atoms with Crippen LogP contribution in [0.4, 0.5) is 0 Å². The molecule has 17 heavy (non-hydrogen) atoms. The molecule has 0 radical (unpaired) electrons. The maximum Gasteiger partial charge on any atom is 0.183 e. The molecule has 0 aromatic carbocycles. The Morgan fingerprint density at radius 2 is 2.35 bits per heavy atom. The van der Waals surface area contributed by atoms with E-state index in [0.29, 0.717) is 5.75 Å². The highest BCUT2D eigenvalue weighted by Gasteiger charge is 2.10. The topological polar surface area (TPSA) is 34.9 Å². The van der Waals surface area contributed by atoms with Gasteiger partial charge in [0.2, 0.25) is 0 Å². The van der Waals surface area contributed by atoms with Crippen LogP contribution in [-0.4, -0.2) is 21.1 Å². The van der Waals surface area contributed by atoms with Gasteiger partial charge in [-0.15, -0.1) is 11.3 Å². The summed E-state index contributed by atoms with van der Waals surface area (Å²) in [5.74, 6) is 0.636. The standard InChI is InChI=1S/C12H14N2OS2/c1-3-9-4-5-11(17-9)10(15)8-16-12-13-6-7-14(12)2/h4-7H,3,8H2,1-2H3. The zero-order chi connectivity index (χ0) is 12.3. The molecule has 0 saturated carbocycles. The lowest BCUT2D eigenvalue weighted by Gasteiger charge is -1.99. The van der Waals surface area contributed by atoms with Crippen LogP contribution in [0.15, 0.2) is 29.7 Å². The van der Waals surface area contributed by atoms with E-state index in [1.807, 2.05) is 29.9 Å². The minimum absolute atomic E-state index is 0.183. The quantitative estimate of drug-likeness (QED) is 0.616. The van der Waals surface area contributed by atoms with Gasteiger partial charge in [0, 0.05) is 24.3 Å². The summed E-state index contributed by atoms with van der Waals surface area (Å²) in [5, 5.41) is 0.880. The minimum Gasteiger partial charge on any atom is -0.329 e. The van der Waals surface area contributed by atoms with Gasteiger partial charge in [-0.1, -0.05) is 18.7 Å². The fourth-order valence-electron chi connectivity index (χ4n) is 1.41. The van der Waals surface area contributed by atoms with Crippen LogP contribution < -0.4 is 0 Å². The third-order valence-electron chi connectivity index (χ3n) is 2.39. The Morgan fingerprint density at radius 3 is 2.94 bits per heavy atom. The zero-order valence-electron chi connectivity index (χ0n) is 9.84. The first-order chi connectivity index (χ1) is 8.20. The number of aryl methyl sites for hydroxylation is 2. The van der Waals surface area contributed by atoms with Crippen molar-refractivity contribution >= 4 is 28.9 Å². The van der Waals surface area contributed by atoms with Gasteiger partial charge in [-0.3, -0.25) is 4.79 Å². The van der Waals surface area contributed by atoms with Crippen LogP contribution in [-0.2, 0) is 13.5 Å². The molecule has 3 nitrogen and oxygen atoms in total. The van der Waals surface area contributed by atoms with E-state index in [0.717, 1.165) is 16.5 Å². The van der Waals surface area contributed by atoms with E-state index >= 15 is 0 Å². The van der Waals surface area contributed by atoms with Gasteiger partial charge >= 0.3 is 0 Å². The highest BCUT2D eigenvalue weighted by molar-refractivity contribution is 7.99. The van der Waals surface area contributed by atoms with E-state index in [1.165, 1.54) is 16.6 Å². The molecule has 0 aliphatic carbocycles. The van der Waals surface area contributed by atoms with Crippen molar-refractivity contribution in [3.63, 3.8) is 0 Å². The van der Waals surface area contributed by atoms with Crippen LogP contribution in [0.2, 0.25) is 0 Å². The average Bonchev–Trinajstić information content (AvgIpc) is 2.94. The number of hydrogen-bond donors (Lipinski definition) is 0. The molecule has 0 saturated heterocycles. The molecule has 2 heterocycles. The first-order valence-electron chi connectivity index (χ1n) is 5.42. The Labute approximate surface area is 109 Å². The van der Waals surface area contributed by atoms with Gasteiger partial charge in [0.1, 0.15) is 0 Å². The monoisotopic (exact) mass is 266 g/mol. The summed E-state index contributed by atoms with van der Waals surface area (Å²) >= 11 is 3.07. The number of thioether (sulfide) groups is 1. The van der Waals surface area contributed by atoms with Crippen LogP contribution in [0, 0.1) is 0 Å². The molecule has 2 rings (SSSR count). The molecular formula is C12H14N2OS2. The number of carbonyl (C=O) groups is 1. The van der Waals surface area contributed by atoms with E-state index in [9.17, 15) is 4.79 Å². The number of aromatic nitrogens is 2. The van der Waals surface area contributed by atoms with Crippen LogP contribution in [0.3, 0.4) is 0 Å². The Balaban J connectivity index is 1.95. The molecule has 0 bridgehead atoms. The van der Waals surface area contributed by atoms with Crippen LogP contribution in [0.5, 0.6) is 0 Å². The number of Topliss-reactive ketones (excluding diaryl/α,β-unsaturated/α-hetero) is 1. The smallest absolute Gasteiger partial charge is 0.183 e. The number of hydrogen-bond acceptors (Lipinski definition) is 4. The fraction of sp³-hybridized carbons (Fsp3) is 0.333. The largest absolute Gasteiger partial charge is 0.329 e. The van der Waals surface area contributed by atoms with Crippen LogP contribution in [0.25, 0.3) is 0 Å². The third kappa shape index (κ3) is 2.98. The Morgan fingerprint density at radius 1 is 1.53 bits per heavy atom. The highest BCUT2D eigenvalue weighted by Crippen LogP contribution is 2.21. The van der Waals surface area contributed by atoms with Gasteiger partial charge in [-0.25, -0.2) is 4.98 Å². The molecule has 0 spiro atoms. The molecule has 0 N–H and O–H groups in total. The Hall–Kier alpha value is -1.07. The third-order valence-corrected chi connectivity index (χ3v) is 4.72. The van der Waals surface area contributed by atoms with Crippen molar-refractivity contribution < 1.29 is 4.79 Å². The van der Waals surface area contributed by atoms with Crippen molar-refractivity contribution in [1.29, 1.82) is 0 Å². The molecule has 0 amide bonds. The molecule has 0 atom stereocenters. The second kappa shape index (κ2) is 5.51. The number of nitrogens with zero attached hydrogens (tertiary/aromatic N) is 2. The summed E-state index contributed by atoms with van der Waals surface area (Å²) in [6.07, 6.45) is 4.62. The summed E-state index contributed by atoms with van der Waals surface area (Å²) in [4.78, 5) is 18.2. The SMILES string of the molecule is CCc1ccc(C(=O)CSc2nccn2C)s1. The molecule has 0 aliphatic heterocycles. The van der Waals surface area contributed by atoms with Crippen molar-refractivity contribution in [2.24, 2.45) is 7.05 Å². The zero-order valence-corrected chi connectivity index (χ0v) is 11.5. The number of imidazole rings is 1. The lowest BCUT2D eigenvalue weighted by Crippen LogP contribution is -2.01. The van der Waals surface area contributed by atoms with Gasteiger partial charge in [-0.2, -0.15) is 0 Å². The molecule has 90 valence electrons. The summed E-state index contributed by atoms with van der Waals surface area (Å²) in [7, 11) is 1.93. The average molecular weight is 266 g/mol. The molecule has 0 aliphatic rings. The van der Waals surface area contributed by atoms with Crippen molar-refractivity contribution in [2.45, 2.75) is 18.5 Å². The summed E-state index contributed by atoms with van der Waals surface area (Å²) in [6, 6.07) is 3.95. The van der Waals surface area contributed by atoms with Crippen molar-refractivity contribution in [3.8, 4) is 0 Å². The van der Waals surface area contributed by atoms with Gasteiger partial charge in [0.05, 0.1) is 10.6 Å². The number of thiophene rings is 1. The fourth-order valence-corrected chi connectivity index (χ4v) is 3.20. The highest BCUT2D eigenvalue weighted by atomic mass is 32.2. The van der Waals surface area contributed by atoms with Crippen molar-refractivity contribution in [1.82, 2.24) is 9.55 Å². The van der Waals surface area contributed by atoms with Gasteiger partial charge in [-0.05, 0) is 18.6 Å². The summed E-state index contributed by atoms with van der Waals surface area (Å²) < 4.78 is 1.92. The lowest BCUT2D eigenvalue weighted by molar-refractivity contribution is 0.102. The van der Waals surface area contributed by atoms with E-state index < -0.39 is 0 Å². The predicted molar refractivity (Wildman–Crippen MR) is 72.0 cm³/mol. The molecule has 0 unspecified atom stereocenters. The molecule has 2 aromatic heterocycles. The van der Waals surface area contributed by atoms with E-state index in [4.69, 9.17) is 0 Å². The Bertz CT molecular complexity index is 516. The molecule has 2 aromatic rings.